The molecule has 7 heteroatoms. The van der Waals surface area contributed by atoms with Crippen molar-refractivity contribution in [2.24, 2.45) is 0 Å². The minimum atomic E-state index is -3.86. The lowest BCUT2D eigenvalue weighted by molar-refractivity contribution is 0.142. The average Bonchev–Trinajstić information content (AvgIpc) is 2.69. The number of ether oxygens (including phenoxy) is 1. The first kappa shape index (κ1) is 14.8. The lowest BCUT2D eigenvalue weighted by atomic mass is 10.1. The number of hydrogen-bond donors (Lipinski definition) is 1. The molecule has 0 aromatic heterocycles. The van der Waals surface area contributed by atoms with Gasteiger partial charge in [0.05, 0.1) is 17.0 Å². The van der Waals surface area contributed by atoms with Crippen LogP contribution in [-0.2, 0) is 14.8 Å². The zero-order chi connectivity index (χ0) is 15.0. The number of carbonyl (C=O) groups is 1. The maximum absolute atomic E-state index is 12.1. The molecule has 1 heterocycles. The second-order valence-corrected chi connectivity index (χ2v) is 7.12. The van der Waals surface area contributed by atoms with Crippen LogP contribution >= 0.6 is 0 Å². The van der Waals surface area contributed by atoms with Crippen LogP contribution in [0.3, 0.4) is 0 Å². The Balaban J connectivity index is 2.16. The second-order valence-electron chi connectivity index (χ2n) is 5.44. The van der Waals surface area contributed by atoms with Gasteiger partial charge in [0.15, 0.2) is 0 Å². The van der Waals surface area contributed by atoms with E-state index in [9.17, 15) is 13.2 Å². The fourth-order valence-corrected chi connectivity index (χ4v) is 2.87. The molecule has 1 aromatic rings. The molecule has 0 saturated carbocycles. The van der Waals surface area contributed by atoms with Crippen LogP contribution in [0.5, 0.6) is 0 Å². The second kappa shape index (κ2) is 5.06. The molecule has 0 atom stereocenters. The van der Waals surface area contributed by atoms with E-state index in [2.05, 4.69) is 4.72 Å². The highest BCUT2D eigenvalue weighted by Crippen LogP contribution is 2.21. The molecule has 1 aliphatic rings. The van der Waals surface area contributed by atoms with E-state index in [4.69, 9.17) is 4.74 Å². The number of rotatable bonds is 2. The SMILES string of the molecule is Cc1ccc(S(=O)(=O)NC(=O)N2COCC2(C)C)cc1. The van der Waals surface area contributed by atoms with E-state index < -0.39 is 21.6 Å². The van der Waals surface area contributed by atoms with E-state index in [-0.39, 0.29) is 11.6 Å². The molecule has 1 aliphatic heterocycles. The third kappa shape index (κ3) is 2.94. The van der Waals surface area contributed by atoms with Gasteiger partial charge in [0.2, 0.25) is 0 Å². The van der Waals surface area contributed by atoms with Gasteiger partial charge < -0.3 is 4.74 Å². The van der Waals surface area contributed by atoms with Crippen LogP contribution in [0.25, 0.3) is 0 Å². The van der Waals surface area contributed by atoms with Gasteiger partial charge >= 0.3 is 6.03 Å². The van der Waals surface area contributed by atoms with Crippen molar-refractivity contribution in [3.8, 4) is 0 Å². The number of aryl methyl sites for hydroxylation is 1. The highest BCUT2D eigenvalue weighted by Gasteiger charge is 2.38. The Labute approximate surface area is 118 Å². The van der Waals surface area contributed by atoms with Gasteiger partial charge in [-0.25, -0.2) is 17.9 Å². The predicted octanol–water partition coefficient (Wildman–Crippen LogP) is 1.46. The van der Waals surface area contributed by atoms with E-state index in [0.717, 1.165) is 5.56 Å². The van der Waals surface area contributed by atoms with E-state index in [0.29, 0.717) is 6.61 Å². The van der Waals surface area contributed by atoms with Crippen molar-refractivity contribution in [3.63, 3.8) is 0 Å². The van der Waals surface area contributed by atoms with Gasteiger partial charge in [0, 0.05) is 0 Å². The maximum Gasteiger partial charge on any atom is 0.333 e. The monoisotopic (exact) mass is 298 g/mol. The Morgan fingerprint density at radius 2 is 1.90 bits per heavy atom. The van der Waals surface area contributed by atoms with Gasteiger partial charge in [-0.15, -0.1) is 0 Å². The van der Waals surface area contributed by atoms with Crippen molar-refractivity contribution in [3.05, 3.63) is 29.8 Å². The summed E-state index contributed by atoms with van der Waals surface area (Å²) in [6.07, 6.45) is 0. The Hall–Kier alpha value is -1.60. The Bertz CT molecular complexity index is 608. The van der Waals surface area contributed by atoms with Crippen molar-refractivity contribution in [1.82, 2.24) is 9.62 Å². The van der Waals surface area contributed by atoms with Gasteiger partial charge in [-0.2, -0.15) is 0 Å². The smallest absolute Gasteiger partial charge is 0.333 e. The number of hydrogen-bond acceptors (Lipinski definition) is 4. The van der Waals surface area contributed by atoms with Crippen LogP contribution in [0.15, 0.2) is 29.2 Å². The van der Waals surface area contributed by atoms with Crippen molar-refractivity contribution in [2.45, 2.75) is 31.2 Å². The van der Waals surface area contributed by atoms with Crippen LogP contribution in [-0.4, -0.2) is 38.2 Å². The summed E-state index contributed by atoms with van der Waals surface area (Å²) >= 11 is 0. The molecule has 2 amide bonds. The highest BCUT2D eigenvalue weighted by atomic mass is 32.2. The van der Waals surface area contributed by atoms with E-state index in [1.807, 2.05) is 20.8 Å². The summed E-state index contributed by atoms with van der Waals surface area (Å²) < 4.78 is 31.5. The van der Waals surface area contributed by atoms with Crippen LogP contribution in [0.4, 0.5) is 4.79 Å². The largest absolute Gasteiger partial charge is 0.359 e. The standard InChI is InChI=1S/C13H18N2O4S/c1-10-4-6-11(7-5-10)20(17,18)14-12(16)15-9-19-8-13(15,2)3/h4-7H,8-9H2,1-3H3,(H,14,16). The molecular formula is C13H18N2O4S. The fourth-order valence-electron chi connectivity index (χ4n) is 1.92. The summed E-state index contributed by atoms with van der Waals surface area (Å²) in [6, 6.07) is 5.63. The molecule has 6 nitrogen and oxygen atoms in total. The van der Waals surface area contributed by atoms with Gasteiger partial charge in [0.25, 0.3) is 10.0 Å². The molecule has 0 bridgehead atoms. The third-order valence-electron chi connectivity index (χ3n) is 3.20. The van der Waals surface area contributed by atoms with Crippen molar-refractivity contribution < 1.29 is 17.9 Å². The molecule has 1 saturated heterocycles. The molecule has 0 spiro atoms. The number of urea groups is 1. The quantitative estimate of drug-likeness (QED) is 0.897. The lowest BCUT2D eigenvalue weighted by Gasteiger charge is -2.28. The molecular weight excluding hydrogens is 280 g/mol. The number of benzene rings is 1. The molecule has 0 unspecified atom stereocenters. The Morgan fingerprint density at radius 3 is 2.40 bits per heavy atom. The normalized spacial score (nSPS) is 18.1. The number of sulfonamides is 1. The molecule has 0 aliphatic carbocycles. The number of nitrogens with one attached hydrogen (secondary N) is 1. The van der Waals surface area contributed by atoms with Gasteiger partial charge in [-0.3, -0.25) is 4.90 Å². The third-order valence-corrected chi connectivity index (χ3v) is 4.54. The summed E-state index contributed by atoms with van der Waals surface area (Å²) in [7, 11) is -3.86. The van der Waals surface area contributed by atoms with Gasteiger partial charge in [-0.05, 0) is 32.9 Å². The zero-order valence-corrected chi connectivity index (χ0v) is 12.5. The summed E-state index contributed by atoms with van der Waals surface area (Å²) in [5.41, 5.74) is 0.428. The van der Waals surface area contributed by atoms with Crippen LogP contribution < -0.4 is 4.72 Å². The molecule has 110 valence electrons. The minimum Gasteiger partial charge on any atom is -0.359 e. The van der Waals surface area contributed by atoms with E-state index in [1.165, 1.54) is 17.0 Å². The highest BCUT2D eigenvalue weighted by molar-refractivity contribution is 7.90. The first-order chi connectivity index (χ1) is 9.22. The molecule has 0 radical (unpaired) electrons. The summed E-state index contributed by atoms with van der Waals surface area (Å²) in [5.74, 6) is 0. The first-order valence-electron chi connectivity index (χ1n) is 6.21. The Kier molecular flexibility index (Phi) is 3.75. The van der Waals surface area contributed by atoms with Crippen molar-refractivity contribution >= 4 is 16.1 Å². The minimum absolute atomic E-state index is 0.0642. The summed E-state index contributed by atoms with van der Waals surface area (Å²) in [4.78, 5) is 13.5. The maximum atomic E-state index is 12.1. The summed E-state index contributed by atoms with van der Waals surface area (Å²) in [5, 5.41) is 0. The van der Waals surface area contributed by atoms with Crippen molar-refractivity contribution in [2.75, 3.05) is 13.3 Å². The van der Waals surface area contributed by atoms with Gasteiger partial charge in [0.1, 0.15) is 6.73 Å². The lowest BCUT2D eigenvalue weighted by Crippen LogP contribution is -2.50. The zero-order valence-electron chi connectivity index (χ0n) is 11.7. The number of nitrogens with zero attached hydrogens (tertiary/aromatic N) is 1. The van der Waals surface area contributed by atoms with Crippen LogP contribution in [0.1, 0.15) is 19.4 Å². The molecule has 2 rings (SSSR count). The Morgan fingerprint density at radius 1 is 1.30 bits per heavy atom. The predicted molar refractivity (Wildman–Crippen MR) is 73.6 cm³/mol. The number of amides is 2. The fraction of sp³-hybridized carbons (Fsp3) is 0.462. The van der Waals surface area contributed by atoms with E-state index >= 15 is 0 Å². The number of carbonyl (C=O) groups excluding carboxylic acids is 1. The van der Waals surface area contributed by atoms with Crippen molar-refractivity contribution in [1.29, 1.82) is 0 Å². The van der Waals surface area contributed by atoms with E-state index in [1.54, 1.807) is 12.1 Å². The molecule has 1 aromatic carbocycles. The average molecular weight is 298 g/mol. The first-order valence-corrected chi connectivity index (χ1v) is 7.69. The van der Waals surface area contributed by atoms with Crippen LogP contribution in [0.2, 0.25) is 0 Å². The molecule has 1 fully saturated rings. The van der Waals surface area contributed by atoms with Crippen LogP contribution in [0, 0.1) is 6.92 Å². The molecule has 20 heavy (non-hydrogen) atoms. The molecule has 1 N–H and O–H groups in total. The summed E-state index contributed by atoms with van der Waals surface area (Å²) in [6.45, 7) is 5.96. The van der Waals surface area contributed by atoms with Gasteiger partial charge in [-0.1, -0.05) is 17.7 Å². The topological polar surface area (TPSA) is 75.7 Å².